The van der Waals surface area contributed by atoms with E-state index in [9.17, 15) is 4.79 Å². The molecule has 108 valence electrons. The number of nitrogens with zero attached hydrogens (tertiary/aromatic N) is 2. The molecule has 2 rings (SSSR count). The number of ether oxygens (including phenoxy) is 1. The molecule has 2 N–H and O–H groups in total. The number of hydrogen-bond donors (Lipinski definition) is 1. The van der Waals surface area contributed by atoms with Gasteiger partial charge in [-0.25, -0.2) is 4.98 Å². The predicted octanol–water partition coefficient (Wildman–Crippen LogP) is 2.10. The second-order valence-electron chi connectivity index (χ2n) is 5.86. The number of aromatic nitrogens is 2. The van der Waals surface area contributed by atoms with Crippen molar-refractivity contribution in [3.8, 4) is 0 Å². The van der Waals surface area contributed by atoms with Crippen molar-refractivity contribution in [3.05, 3.63) is 30.6 Å². The van der Waals surface area contributed by atoms with Gasteiger partial charge in [-0.3, -0.25) is 4.79 Å². The van der Waals surface area contributed by atoms with Gasteiger partial charge in [0.15, 0.2) is 0 Å². The Morgan fingerprint density at radius 1 is 1.40 bits per heavy atom. The number of rotatable bonds is 4. The molecule has 0 saturated heterocycles. The number of esters is 1. The summed E-state index contributed by atoms with van der Waals surface area (Å²) in [5.41, 5.74) is 7.36. The number of nitrogens with two attached hydrogens (primary N) is 1. The number of carbonyl (C=O) groups is 1. The molecule has 2 aromatic rings. The Morgan fingerprint density at radius 2 is 2.10 bits per heavy atom. The highest BCUT2D eigenvalue weighted by molar-refractivity contribution is 5.76. The van der Waals surface area contributed by atoms with Gasteiger partial charge in [-0.2, -0.15) is 0 Å². The summed E-state index contributed by atoms with van der Waals surface area (Å²) in [5, 5.41) is 0. The number of aryl methyl sites for hydroxylation is 1. The molecule has 0 radical (unpaired) electrons. The summed E-state index contributed by atoms with van der Waals surface area (Å²) in [6.45, 7) is 6.14. The highest BCUT2D eigenvalue weighted by atomic mass is 16.6. The summed E-state index contributed by atoms with van der Waals surface area (Å²) in [6, 6.07) is 7.26. The Bertz CT molecular complexity index is 598. The lowest BCUT2D eigenvalue weighted by molar-refractivity contribution is -0.156. The largest absolute Gasteiger partial charge is 0.459 e. The van der Waals surface area contributed by atoms with Crippen LogP contribution in [0.2, 0.25) is 0 Å². The minimum atomic E-state index is -0.615. The van der Waals surface area contributed by atoms with E-state index in [4.69, 9.17) is 10.5 Å². The summed E-state index contributed by atoms with van der Waals surface area (Å²) >= 11 is 0. The molecule has 0 aliphatic rings. The fourth-order valence-corrected chi connectivity index (χ4v) is 1.96. The fourth-order valence-electron chi connectivity index (χ4n) is 1.96. The first-order chi connectivity index (χ1) is 9.37. The molecule has 0 aliphatic carbocycles. The van der Waals surface area contributed by atoms with Crippen LogP contribution < -0.4 is 5.73 Å². The van der Waals surface area contributed by atoms with E-state index >= 15 is 0 Å². The zero-order valence-electron chi connectivity index (χ0n) is 12.2. The zero-order chi connectivity index (χ0) is 14.8. The van der Waals surface area contributed by atoms with Crippen molar-refractivity contribution in [2.45, 2.75) is 45.4 Å². The highest BCUT2D eigenvalue weighted by Gasteiger charge is 2.22. The minimum absolute atomic E-state index is 0.359. The Hall–Kier alpha value is -1.88. The normalized spacial score (nSPS) is 13.4. The van der Waals surface area contributed by atoms with Crippen molar-refractivity contribution in [1.29, 1.82) is 0 Å². The Morgan fingerprint density at radius 3 is 2.80 bits per heavy atom. The number of imidazole rings is 1. The molecule has 1 unspecified atom stereocenters. The number of benzene rings is 1. The van der Waals surface area contributed by atoms with E-state index in [1.54, 1.807) is 6.33 Å². The van der Waals surface area contributed by atoms with Crippen molar-refractivity contribution in [2.24, 2.45) is 5.73 Å². The van der Waals surface area contributed by atoms with Crippen molar-refractivity contribution in [3.63, 3.8) is 0 Å². The number of fused-ring (bicyclic) bond motifs is 1. The molecular weight excluding hydrogens is 254 g/mol. The van der Waals surface area contributed by atoms with E-state index in [2.05, 4.69) is 4.98 Å². The quantitative estimate of drug-likeness (QED) is 0.867. The van der Waals surface area contributed by atoms with E-state index in [-0.39, 0.29) is 5.97 Å². The van der Waals surface area contributed by atoms with Gasteiger partial charge in [-0.15, -0.1) is 0 Å². The van der Waals surface area contributed by atoms with Crippen LogP contribution in [0, 0.1) is 0 Å². The minimum Gasteiger partial charge on any atom is -0.459 e. The molecule has 1 atom stereocenters. The first-order valence-corrected chi connectivity index (χ1v) is 6.75. The monoisotopic (exact) mass is 275 g/mol. The third-order valence-corrected chi connectivity index (χ3v) is 2.92. The lowest BCUT2D eigenvalue weighted by atomic mass is 10.1. The molecular formula is C15H21N3O2. The van der Waals surface area contributed by atoms with Crippen molar-refractivity contribution < 1.29 is 9.53 Å². The molecule has 0 aliphatic heterocycles. The average molecular weight is 275 g/mol. The molecule has 5 nitrogen and oxygen atoms in total. The molecule has 0 amide bonds. The molecule has 20 heavy (non-hydrogen) atoms. The topological polar surface area (TPSA) is 70.1 Å². The Labute approximate surface area is 118 Å². The first kappa shape index (κ1) is 14.5. The molecule has 1 heterocycles. The van der Waals surface area contributed by atoms with Crippen LogP contribution in [-0.4, -0.2) is 27.2 Å². The maximum Gasteiger partial charge on any atom is 0.323 e. The highest BCUT2D eigenvalue weighted by Crippen LogP contribution is 2.13. The number of para-hydroxylation sites is 2. The van der Waals surface area contributed by atoms with Gasteiger partial charge in [0, 0.05) is 6.54 Å². The molecule has 0 spiro atoms. The molecule has 1 aromatic heterocycles. The van der Waals surface area contributed by atoms with Crippen LogP contribution in [-0.2, 0) is 16.1 Å². The smallest absolute Gasteiger partial charge is 0.323 e. The summed E-state index contributed by atoms with van der Waals surface area (Å²) in [4.78, 5) is 16.1. The van der Waals surface area contributed by atoms with Crippen LogP contribution >= 0.6 is 0 Å². The molecule has 0 fully saturated rings. The van der Waals surface area contributed by atoms with E-state index in [0.717, 1.165) is 11.0 Å². The van der Waals surface area contributed by atoms with Gasteiger partial charge in [0.2, 0.25) is 0 Å². The molecule has 0 bridgehead atoms. The van der Waals surface area contributed by atoms with Gasteiger partial charge in [0.05, 0.1) is 17.4 Å². The Balaban J connectivity index is 1.96. The van der Waals surface area contributed by atoms with E-state index in [0.29, 0.717) is 13.0 Å². The average Bonchev–Trinajstić information content (AvgIpc) is 2.77. The molecule has 5 heteroatoms. The summed E-state index contributed by atoms with van der Waals surface area (Å²) in [6.07, 6.45) is 2.29. The lowest BCUT2D eigenvalue weighted by Gasteiger charge is -2.22. The van der Waals surface area contributed by atoms with Crippen LogP contribution in [0.4, 0.5) is 0 Å². The predicted molar refractivity (Wildman–Crippen MR) is 78.2 cm³/mol. The van der Waals surface area contributed by atoms with Crippen LogP contribution in [0.5, 0.6) is 0 Å². The zero-order valence-corrected chi connectivity index (χ0v) is 12.2. The van der Waals surface area contributed by atoms with Gasteiger partial charge in [0.25, 0.3) is 0 Å². The number of hydrogen-bond acceptors (Lipinski definition) is 4. The van der Waals surface area contributed by atoms with Crippen LogP contribution in [0.1, 0.15) is 27.2 Å². The summed E-state index contributed by atoms with van der Waals surface area (Å²) in [7, 11) is 0. The van der Waals surface area contributed by atoms with Crippen LogP contribution in [0.25, 0.3) is 11.0 Å². The SMILES string of the molecule is CC(C)(C)OC(=O)C(N)CCn1cnc2ccccc21. The van der Waals surface area contributed by atoms with Crippen molar-refractivity contribution in [2.75, 3.05) is 0 Å². The first-order valence-electron chi connectivity index (χ1n) is 6.75. The van der Waals surface area contributed by atoms with Crippen molar-refractivity contribution >= 4 is 17.0 Å². The summed E-state index contributed by atoms with van der Waals surface area (Å²) in [5.74, 6) is -0.359. The van der Waals surface area contributed by atoms with Crippen LogP contribution in [0.15, 0.2) is 30.6 Å². The van der Waals surface area contributed by atoms with Gasteiger partial charge < -0.3 is 15.0 Å². The standard InChI is InChI=1S/C15H21N3O2/c1-15(2,3)20-14(19)11(16)8-9-18-10-17-12-6-4-5-7-13(12)18/h4-7,10-11H,8-9,16H2,1-3H3. The van der Waals surface area contributed by atoms with Gasteiger partial charge in [-0.1, -0.05) is 12.1 Å². The second-order valence-corrected chi connectivity index (χ2v) is 5.86. The fraction of sp³-hybridized carbons (Fsp3) is 0.467. The lowest BCUT2D eigenvalue weighted by Crippen LogP contribution is -2.38. The van der Waals surface area contributed by atoms with Gasteiger partial charge in [0.1, 0.15) is 11.6 Å². The van der Waals surface area contributed by atoms with E-state index in [1.165, 1.54) is 0 Å². The third-order valence-electron chi connectivity index (χ3n) is 2.92. The van der Waals surface area contributed by atoms with E-state index in [1.807, 2.05) is 49.6 Å². The Kier molecular flexibility index (Phi) is 4.09. The second kappa shape index (κ2) is 5.63. The molecule has 0 saturated carbocycles. The van der Waals surface area contributed by atoms with Crippen molar-refractivity contribution in [1.82, 2.24) is 9.55 Å². The number of carbonyl (C=O) groups excluding carboxylic acids is 1. The van der Waals surface area contributed by atoms with Gasteiger partial charge >= 0.3 is 5.97 Å². The van der Waals surface area contributed by atoms with Crippen LogP contribution in [0.3, 0.4) is 0 Å². The van der Waals surface area contributed by atoms with Gasteiger partial charge in [-0.05, 0) is 39.3 Å². The maximum absolute atomic E-state index is 11.8. The summed E-state index contributed by atoms with van der Waals surface area (Å²) < 4.78 is 7.27. The maximum atomic E-state index is 11.8. The third kappa shape index (κ3) is 3.57. The molecule has 1 aromatic carbocycles. The van der Waals surface area contributed by atoms with E-state index < -0.39 is 11.6 Å².